The molecule has 1 N–H and O–H groups in total. The van der Waals surface area contributed by atoms with Gasteiger partial charge in [0, 0.05) is 17.5 Å². The molecule has 0 aliphatic carbocycles. The van der Waals surface area contributed by atoms with Gasteiger partial charge in [-0.1, -0.05) is 59.8 Å². The number of carbonyl (C=O) groups excluding carboxylic acids is 1. The summed E-state index contributed by atoms with van der Waals surface area (Å²) in [5.41, 5.74) is 4.12. The molecule has 1 atom stereocenters. The maximum atomic E-state index is 13.0. The Bertz CT molecular complexity index is 1450. The molecule has 0 aliphatic heterocycles. The molecule has 0 saturated carbocycles. The van der Waals surface area contributed by atoms with Crippen molar-refractivity contribution in [2.45, 2.75) is 38.9 Å². The van der Waals surface area contributed by atoms with Gasteiger partial charge in [-0.2, -0.15) is 13.2 Å². The highest BCUT2D eigenvalue weighted by Gasteiger charge is 2.30. The first-order valence-electron chi connectivity index (χ1n) is 11.9. The van der Waals surface area contributed by atoms with Crippen LogP contribution in [0, 0.1) is 19.3 Å². The normalized spacial score (nSPS) is 12.0. The van der Waals surface area contributed by atoms with Crippen molar-refractivity contribution >= 4 is 11.7 Å². The molecule has 0 radical (unpaired) electrons. The first-order chi connectivity index (χ1) is 18.1. The van der Waals surface area contributed by atoms with E-state index in [4.69, 9.17) is 15.7 Å². The Kier molecular flexibility index (Phi) is 7.87. The number of aromatic nitrogens is 1. The zero-order valence-electron chi connectivity index (χ0n) is 20.8. The Hall–Kier alpha value is -4.51. The second-order valence-corrected chi connectivity index (χ2v) is 8.89. The minimum atomic E-state index is -4.36. The lowest BCUT2D eigenvalue weighted by Gasteiger charge is -2.16. The lowest BCUT2D eigenvalue weighted by Crippen LogP contribution is -2.17. The molecule has 38 heavy (non-hydrogen) atoms. The molecule has 0 fully saturated rings. The van der Waals surface area contributed by atoms with E-state index in [-0.39, 0.29) is 6.04 Å². The number of hydrogen-bond donors (Lipinski definition) is 1. The molecule has 194 valence electrons. The standard InChI is InChI=1S/C30H25F3N2O3/c1-4-27(36)37-26-16-14-23(15-17-26)22-10-12-24(13-11-22)29-28(20(3)35-38-29)34-19(2)8-9-21-6-5-7-25(18-21)30(31,32)33/h1,5-7,10-19,34H,8-9H2,2-3H3. The average molecular weight is 519 g/mol. The third-order valence-corrected chi connectivity index (χ3v) is 6.04. The molecule has 3 aromatic carbocycles. The number of alkyl halides is 3. The average Bonchev–Trinajstić information content (AvgIpc) is 3.27. The van der Waals surface area contributed by atoms with Crippen molar-refractivity contribution in [2.75, 3.05) is 5.32 Å². The second kappa shape index (κ2) is 11.3. The van der Waals surface area contributed by atoms with Crippen LogP contribution < -0.4 is 10.1 Å². The number of terminal acetylenes is 1. The van der Waals surface area contributed by atoms with Gasteiger partial charge in [-0.25, -0.2) is 4.79 Å². The molecule has 8 heteroatoms. The number of carbonyl (C=O) groups is 1. The minimum absolute atomic E-state index is 0.0391. The van der Waals surface area contributed by atoms with Crippen LogP contribution in [0.2, 0.25) is 0 Å². The number of benzene rings is 3. The predicted molar refractivity (Wildman–Crippen MR) is 139 cm³/mol. The molecule has 0 amide bonds. The minimum Gasteiger partial charge on any atom is -0.417 e. The maximum Gasteiger partial charge on any atom is 0.416 e. The number of hydrogen-bond acceptors (Lipinski definition) is 5. The Morgan fingerprint density at radius 3 is 2.32 bits per heavy atom. The van der Waals surface area contributed by atoms with Crippen LogP contribution in [0.25, 0.3) is 22.5 Å². The van der Waals surface area contributed by atoms with Crippen LogP contribution in [-0.2, 0) is 17.4 Å². The van der Waals surface area contributed by atoms with Crippen LogP contribution in [0.1, 0.15) is 30.2 Å². The molecule has 0 saturated heterocycles. The van der Waals surface area contributed by atoms with E-state index in [9.17, 15) is 18.0 Å². The Balaban J connectivity index is 1.43. The number of halogens is 3. The number of rotatable bonds is 8. The van der Waals surface area contributed by atoms with Gasteiger partial charge >= 0.3 is 12.1 Å². The van der Waals surface area contributed by atoms with E-state index in [2.05, 4.69) is 10.5 Å². The Morgan fingerprint density at radius 1 is 1.05 bits per heavy atom. The fraction of sp³-hybridized carbons (Fsp3) is 0.200. The second-order valence-electron chi connectivity index (χ2n) is 8.89. The van der Waals surface area contributed by atoms with E-state index in [1.165, 1.54) is 12.1 Å². The van der Waals surface area contributed by atoms with Gasteiger partial charge in [0.15, 0.2) is 5.76 Å². The SMILES string of the molecule is C#CC(=O)Oc1ccc(-c2ccc(-c3onc(C)c3NC(C)CCc3cccc(C(F)(F)F)c3)cc2)cc1. The highest BCUT2D eigenvalue weighted by atomic mass is 19.4. The maximum absolute atomic E-state index is 13.0. The first kappa shape index (κ1) is 26.6. The molecule has 1 aromatic heterocycles. The Morgan fingerprint density at radius 2 is 1.68 bits per heavy atom. The van der Waals surface area contributed by atoms with Gasteiger partial charge in [-0.3, -0.25) is 0 Å². The number of nitrogens with one attached hydrogen (secondary N) is 1. The summed E-state index contributed by atoms with van der Waals surface area (Å²) in [6.07, 6.45) is 1.78. The summed E-state index contributed by atoms with van der Waals surface area (Å²) in [4.78, 5) is 11.2. The van der Waals surface area contributed by atoms with Gasteiger partial charge < -0.3 is 14.6 Å². The number of anilines is 1. The van der Waals surface area contributed by atoms with E-state index in [1.54, 1.807) is 18.2 Å². The fourth-order valence-corrected chi connectivity index (χ4v) is 4.01. The number of ether oxygens (including phenoxy) is 1. The van der Waals surface area contributed by atoms with E-state index in [1.807, 2.05) is 56.2 Å². The van der Waals surface area contributed by atoms with Crippen LogP contribution in [0.3, 0.4) is 0 Å². The van der Waals surface area contributed by atoms with Crippen molar-refractivity contribution in [2.24, 2.45) is 0 Å². The number of esters is 1. The quantitative estimate of drug-likeness (QED) is 0.115. The molecule has 0 spiro atoms. The van der Waals surface area contributed by atoms with Crippen molar-refractivity contribution in [1.29, 1.82) is 0 Å². The van der Waals surface area contributed by atoms with Crippen LogP contribution in [0.5, 0.6) is 5.75 Å². The summed E-state index contributed by atoms with van der Waals surface area (Å²) < 4.78 is 49.6. The van der Waals surface area contributed by atoms with Gasteiger partial charge in [0.2, 0.25) is 0 Å². The van der Waals surface area contributed by atoms with E-state index in [0.29, 0.717) is 35.6 Å². The summed E-state index contributed by atoms with van der Waals surface area (Å²) in [6.45, 7) is 3.80. The zero-order valence-corrected chi connectivity index (χ0v) is 20.8. The van der Waals surface area contributed by atoms with Crippen LogP contribution in [-0.4, -0.2) is 17.2 Å². The fourth-order valence-electron chi connectivity index (χ4n) is 4.01. The lowest BCUT2D eigenvalue weighted by atomic mass is 10.0. The van der Waals surface area contributed by atoms with Crippen LogP contribution in [0.4, 0.5) is 18.9 Å². The topological polar surface area (TPSA) is 64.4 Å². The number of nitrogens with zero attached hydrogens (tertiary/aromatic N) is 1. The third-order valence-electron chi connectivity index (χ3n) is 6.04. The van der Waals surface area contributed by atoms with E-state index in [0.717, 1.165) is 28.4 Å². The summed E-state index contributed by atoms with van der Waals surface area (Å²) in [5, 5.41) is 7.52. The van der Waals surface area contributed by atoms with Gasteiger partial charge in [0.05, 0.1) is 5.56 Å². The largest absolute Gasteiger partial charge is 0.417 e. The van der Waals surface area contributed by atoms with Crippen LogP contribution >= 0.6 is 0 Å². The first-order valence-corrected chi connectivity index (χ1v) is 11.9. The molecule has 4 rings (SSSR count). The van der Waals surface area contributed by atoms with Crippen molar-refractivity contribution < 1.29 is 27.2 Å². The molecular weight excluding hydrogens is 493 g/mol. The van der Waals surface area contributed by atoms with E-state index < -0.39 is 17.7 Å². The van der Waals surface area contributed by atoms with Crippen LogP contribution in [0.15, 0.2) is 77.3 Å². The Labute approximate surface area is 218 Å². The van der Waals surface area contributed by atoms with Crippen molar-refractivity contribution in [3.8, 4) is 40.5 Å². The summed E-state index contributed by atoms with van der Waals surface area (Å²) in [7, 11) is 0. The third kappa shape index (κ3) is 6.43. The molecule has 1 unspecified atom stereocenters. The van der Waals surface area contributed by atoms with E-state index >= 15 is 0 Å². The summed E-state index contributed by atoms with van der Waals surface area (Å²) in [5.74, 6) is 2.10. The van der Waals surface area contributed by atoms with Gasteiger partial charge in [0.25, 0.3) is 0 Å². The smallest absolute Gasteiger partial charge is 0.416 e. The molecule has 0 aliphatic rings. The van der Waals surface area contributed by atoms with Gasteiger partial charge in [-0.05, 0) is 61.6 Å². The number of aryl methyl sites for hydroxylation is 2. The van der Waals surface area contributed by atoms with Crippen molar-refractivity contribution in [3.63, 3.8) is 0 Å². The molecular formula is C30H25F3N2O3. The van der Waals surface area contributed by atoms with Crippen molar-refractivity contribution in [3.05, 3.63) is 89.6 Å². The van der Waals surface area contributed by atoms with Crippen molar-refractivity contribution in [1.82, 2.24) is 5.16 Å². The van der Waals surface area contributed by atoms with Gasteiger partial charge in [-0.15, -0.1) is 6.42 Å². The molecule has 4 aromatic rings. The highest BCUT2D eigenvalue weighted by molar-refractivity contribution is 5.89. The molecule has 5 nitrogen and oxygen atoms in total. The lowest BCUT2D eigenvalue weighted by molar-refractivity contribution is -0.137. The predicted octanol–water partition coefficient (Wildman–Crippen LogP) is 7.31. The highest BCUT2D eigenvalue weighted by Crippen LogP contribution is 2.34. The monoisotopic (exact) mass is 518 g/mol. The summed E-state index contributed by atoms with van der Waals surface area (Å²) in [6, 6.07) is 20.1. The molecule has 0 bridgehead atoms. The molecule has 1 heterocycles. The van der Waals surface area contributed by atoms with Gasteiger partial charge in [0.1, 0.15) is 17.1 Å². The zero-order chi connectivity index (χ0) is 27.3. The summed E-state index contributed by atoms with van der Waals surface area (Å²) >= 11 is 0.